The lowest BCUT2D eigenvalue weighted by Gasteiger charge is -2.22. The van der Waals surface area contributed by atoms with E-state index in [4.69, 9.17) is 0 Å². The lowest BCUT2D eigenvalue weighted by atomic mass is 10.1. The number of halogens is 8. The van der Waals surface area contributed by atoms with Crippen molar-refractivity contribution in [3.05, 3.63) is 71.3 Å². The summed E-state index contributed by atoms with van der Waals surface area (Å²) in [6, 6.07) is 7.60. The summed E-state index contributed by atoms with van der Waals surface area (Å²) in [7, 11) is 0. The van der Waals surface area contributed by atoms with Gasteiger partial charge in [0.15, 0.2) is 0 Å². The molecule has 0 aliphatic heterocycles. The van der Waals surface area contributed by atoms with Crippen molar-refractivity contribution < 1.29 is 47.7 Å². The summed E-state index contributed by atoms with van der Waals surface area (Å²) in [6.45, 7) is 0. The third-order valence-electron chi connectivity index (χ3n) is 3.66. The van der Waals surface area contributed by atoms with Crippen LogP contribution in [-0.4, -0.2) is 16.6 Å². The molecule has 0 saturated carbocycles. The number of rotatable bonds is 8. The maximum absolute atomic E-state index is 13.3. The summed E-state index contributed by atoms with van der Waals surface area (Å²) in [4.78, 5) is 0. The van der Waals surface area contributed by atoms with Crippen LogP contribution in [0.15, 0.2) is 48.5 Å². The van der Waals surface area contributed by atoms with E-state index in [1.165, 1.54) is 0 Å². The molecule has 0 aromatic heterocycles. The van der Waals surface area contributed by atoms with Crippen LogP contribution in [0, 0.1) is 11.6 Å². The molecule has 0 bridgehead atoms. The highest BCUT2D eigenvalue weighted by molar-refractivity contribution is 7.75. The Kier molecular flexibility index (Phi) is 7.94. The van der Waals surface area contributed by atoms with Gasteiger partial charge in [0.2, 0.25) is 0 Å². The molecular formula is C18H14F8O3S. The molecule has 0 fully saturated rings. The molecule has 2 aromatic carbocycles. The molecule has 0 aliphatic rings. The van der Waals surface area contributed by atoms with Gasteiger partial charge in [-0.25, -0.2) is 8.78 Å². The smallest absolute Gasteiger partial charge is 0.260 e. The Morgan fingerprint density at radius 3 is 1.40 bits per heavy atom. The van der Waals surface area contributed by atoms with Crippen molar-refractivity contribution in [2.24, 2.45) is 0 Å². The minimum atomic E-state index is -4.82. The summed E-state index contributed by atoms with van der Waals surface area (Å²) >= 11 is -3.11. The second-order valence-corrected chi connectivity index (χ2v) is 6.92. The molecule has 0 aliphatic carbocycles. The Morgan fingerprint density at radius 1 is 0.733 bits per heavy atom. The van der Waals surface area contributed by atoms with Gasteiger partial charge in [-0.15, -0.1) is 0 Å². The van der Waals surface area contributed by atoms with E-state index in [2.05, 4.69) is 8.37 Å². The predicted octanol–water partition coefficient (Wildman–Crippen LogP) is 6.26. The van der Waals surface area contributed by atoms with Crippen molar-refractivity contribution in [1.29, 1.82) is 0 Å². The second kappa shape index (κ2) is 9.84. The minimum Gasteiger partial charge on any atom is -0.260 e. The van der Waals surface area contributed by atoms with E-state index in [0.29, 0.717) is 12.1 Å². The molecule has 0 radical (unpaired) electrons. The van der Waals surface area contributed by atoms with Crippen molar-refractivity contribution in [3.8, 4) is 0 Å². The highest BCUT2D eigenvalue weighted by Gasteiger charge is 2.37. The van der Waals surface area contributed by atoms with Crippen LogP contribution >= 0.6 is 0 Å². The predicted molar refractivity (Wildman–Crippen MR) is 89.9 cm³/mol. The van der Waals surface area contributed by atoms with E-state index in [-0.39, 0.29) is 11.1 Å². The van der Waals surface area contributed by atoms with Crippen LogP contribution in [0.1, 0.15) is 36.2 Å². The van der Waals surface area contributed by atoms with Crippen LogP contribution in [-0.2, 0) is 19.7 Å². The quantitative estimate of drug-likeness (QED) is 0.434. The zero-order chi connectivity index (χ0) is 22.5. The van der Waals surface area contributed by atoms with Crippen molar-refractivity contribution in [2.75, 3.05) is 0 Å². The summed E-state index contributed by atoms with van der Waals surface area (Å²) < 4.78 is 125. The lowest BCUT2D eigenvalue weighted by molar-refractivity contribution is -0.154. The van der Waals surface area contributed by atoms with Crippen LogP contribution in [0.25, 0.3) is 0 Å². The average molecular weight is 462 g/mol. The Labute approximate surface area is 168 Å². The van der Waals surface area contributed by atoms with Crippen molar-refractivity contribution in [2.45, 2.75) is 37.4 Å². The van der Waals surface area contributed by atoms with Crippen molar-refractivity contribution in [1.82, 2.24) is 0 Å². The lowest BCUT2D eigenvalue weighted by Crippen LogP contribution is -2.21. The SMILES string of the molecule is O=S(OC(CC(F)(F)F)c1cccc(F)c1)OC(CC(F)(F)F)c1cccc(F)c1. The Hall–Kier alpha value is -2.05. The van der Waals surface area contributed by atoms with Crippen LogP contribution in [0.4, 0.5) is 35.1 Å². The molecule has 2 unspecified atom stereocenters. The molecule has 0 saturated heterocycles. The van der Waals surface area contributed by atoms with E-state index >= 15 is 0 Å². The number of alkyl halides is 6. The topological polar surface area (TPSA) is 35.5 Å². The normalized spacial score (nSPS) is 15.6. The van der Waals surface area contributed by atoms with Gasteiger partial charge in [0.05, 0.1) is 12.8 Å². The number of hydrogen-bond donors (Lipinski definition) is 0. The molecule has 3 nitrogen and oxygen atoms in total. The van der Waals surface area contributed by atoms with Gasteiger partial charge in [0.1, 0.15) is 23.8 Å². The fraction of sp³-hybridized carbons (Fsp3) is 0.333. The maximum atomic E-state index is 13.3. The number of hydrogen-bond acceptors (Lipinski definition) is 3. The summed E-state index contributed by atoms with van der Waals surface area (Å²) in [5.74, 6) is -1.80. The molecule has 0 amide bonds. The van der Waals surface area contributed by atoms with Crippen molar-refractivity contribution in [3.63, 3.8) is 0 Å². The van der Waals surface area contributed by atoms with Gasteiger partial charge in [0.25, 0.3) is 0 Å². The molecule has 0 heterocycles. The molecule has 0 spiro atoms. The van der Waals surface area contributed by atoms with E-state index in [1.54, 1.807) is 0 Å². The summed E-state index contributed by atoms with van der Waals surface area (Å²) in [6.07, 6.45) is -17.1. The van der Waals surface area contributed by atoms with Gasteiger partial charge in [0, 0.05) is 0 Å². The maximum Gasteiger partial charge on any atom is 0.391 e. The van der Waals surface area contributed by atoms with Gasteiger partial charge in [-0.3, -0.25) is 8.37 Å². The molecule has 12 heteroatoms. The molecule has 166 valence electrons. The monoisotopic (exact) mass is 462 g/mol. The molecule has 30 heavy (non-hydrogen) atoms. The largest absolute Gasteiger partial charge is 0.391 e. The third-order valence-corrected chi connectivity index (χ3v) is 4.44. The first-order valence-corrected chi connectivity index (χ1v) is 9.23. The Balaban J connectivity index is 2.23. The first-order valence-electron chi connectivity index (χ1n) is 8.23. The Bertz CT molecular complexity index is 799. The van der Waals surface area contributed by atoms with Gasteiger partial charge < -0.3 is 0 Å². The standard InChI is InChI=1S/C18H14F8O3S/c19-13-5-1-3-11(7-13)15(9-17(21,22)23)28-30(27)29-16(10-18(24,25)26)12-4-2-6-14(20)8-12/h1-8,15-16H,9-10H2. The first kappa shape index (κ1) is 24.2. The van der Waals surface area contributed by atoms with Gasteiger partial charge in [-0.2, -0.15) is 30.6 Å². The molecule has 0 N–H and O–H groups in total. The first-order chi connectivity index (χ1) is 13.8. The number of benzene rings is 2. The van der Waals surface area contributed by atoms with Gasteiger partial charge >= 0.3 is 23.7 Å². The van der Waals surface area contributed by atoms with Crippen LogP contribution in [0.2, 0.25) is 0 Å². The van der Waals surface area contributed by atoms with E-state index in [9.17, 15) is 39.3 Å². The fourth-order valence-electron chi connectivity index (χ4n) is 2.46. The van der Waals surface area contributed by atoms with E-state index < -0.39 is 60.4 Å². The molecule has 2 atom stereocenters. The molecular weight excluding hydrogens is 448 g/mol. The minimum absolute atomic E-state index is 0.345. The van der Waals surface area contributed by atoms with Gasteiger partial charge in [-0.05, 0) is 35.4 Å². The Morgan fingerprint density at radius 2 is 1.10 bits per heavy atom. The van der Waals surface area contributed by atoms with Crippen LogP contribution < -0.4 is 0 Å². The summed E-state index contributed by atoms with van der Waals surface area (Å²) in [5, 5.41) is 0. The molecule has 2 aromatic rings. The second-order valence-electron chi connectivity index (χ2n) is 6.12. The third kappa shape index (κ3) is 8.36. The average Bonchev–Trinajstić information content (AvgIpc) is 2.58. The van der Waals surface area contributed by atoms with E-state index in [0.717, 1.165) is 36.4 Å². The van der Waals surface area contributed by atoms with E-state index in [1.807, 2.05) is 0 Å². The van der Waals surface area contributed by atoms with Gasteiger partial charge in [-0.1, -0.05) is 24.3 Å². The summed E-state index contributed by atoms with van der Waals surface area (Å²) in [5.41, 5.74) is -0.690. The molecule has 2 rings (SSSR count). The van der Waals surface area contributed by atoms with Crippen LogP contribution in [0.5, 0.6) is 0 Å². The highest BCUT2D eigenvalue weighted by Crippen LogP contribution is 2.36. The highest BCUT2D eigenvalue weighted by atomic mass is 32.2. The van der Waals surface area contributed by atoms with Crippen molar-refractivity contribution >= 4 is 11.4 Å². The zero-order valence-corrected chi connectivity index (χ0v) is 15.7. The fourth-order valence-corrected chi connectivity index (χ4v) is 3.24. The van der Waals surface area contributed by atoms with Crippen LogP contribution in [0.3, 0.4) is 0 Å². The zero-order valence-electron chi connectivity index (χ0n) is 14.8.